The van der Waals surface area contributed by atoms with Gasteiger partial charge in [-0.3, -0.25) is 14.2 Å². The van der Waals surface area contributed by atoms with Gasteiger partial charge in [0.1, 0.15) is 0 Å². The topological polar surface area (TPSA) is 66.1 Å². The fraction of sp³-hybridized carbons (Fsp3) is 0.450. The number of rotatable bonds is 9. The summed E-state index contributed by atoms with van der Waals surface area (Å²) in [5, 5.41) is 3.58. The lowest BCUT2D eigenvalue weighted by Gasteiger charge is -2.14. The van der Waals surface area contributed by atoms with Crippen LogP contribution in [0, 0.1) is 6.92 Å². The van der Waals surface area contributed by atoms with Gasteiger partial charge in [-0.2, -0.15) is 0 Å². The normalized spacial score (nSPS) is 11.6. The highest BCUT2D eigenvalue weighted by atomic mass is 35.5. The van der Waals surface area contributed by atoms with Gasteiger partial charge in [0, 0.05) is 41.5 Å². The van der Waals surface area contributed by atoms with Crippen LogP contribution in [0.1, 0.15) is 26.0 Å². The number of aromatic nitrogens is 3. The van der Waals surface area contributed by atoms with Gasteiger partial charge in [-0.25, -0.2) is 4.98 Å². The molecule has 0 aliphatic rings. The molecule has 156 valence electrons. The summed E-state index contributed by atoms with van der Waals surface area (Å²) >= 11 is 8.77. The number of thioether (sulfide) groups is 1. The van der Waals surface area contributed by atoms with Gasteiger partial charge in [0.05, 0.1) is 17.0 Å². The Morgan fingerprint density at radius 1 is 1.24 bits per heavy atom. The van der Waals surface area contributed by atoms with Crippen molar-refractivity contribution < 1.29 is 4.74 Å². The summed E-state index contributed by atoms with van der Waals surface area (Å²) in [6, 6.07) is 5.14. The van der Waals surface area contributed by atoms with Crippen molar-refractivity contribution in [1.29, 1.82) is 0 Å². The minimum atomic E-state index is -0.0809. The summed E-state index contributed by atoms with van der Waals surface area (Å²) in [6.07, 6.45) is 0.875. The maximum absolute atomic E-state index is 13.1. The SMILES string of the molecule is Cc1csc(=O)n1CCSc1nc2cc(Cl)ccc2c(=O)n1CCCOC(C)C. The van der Waals surface area contributed by atoms with Gasteiger partial charge in [0.2, 0.25) is 0 Å². The fourth-order valence-corrected chi connectivity index (χ4v) is 4.80. The van der Waals surface area contributed by atoms with Crippen LogP contribution in [0.5, 0.6) is 0 Å². The molecular formula is C20H24ClN3O3S2. The van der Waals surface area contributed by atoms with Crippen molar-refractivity contribution in [2.75, 3.05) is 12.4 Å². The number of hydrogen-bond acceptors (Lipinski definition) is 6. The van der Waals surface area contributed by atoms with Crippen molar-refractivity contribution in [3.8, 4) is 0 Å². The maximum Gasteiger partial charge on any atom is 0.307 e. The molecular weight excluding hydrogens is 430 g/mol. The van der Waals surface area contributed by atoms with E-state index in [0.717, 1.165) is 12.1 Å². The van der Waals surface area contributed by atoms with Gasteiger partial charge < -0.3 is 9.30 Å². The Balaban J connectivity index is 1.84. The van der Waals surface area contributed by atoms with E-state index in [9.17, 15) is 9.59 Å². The quantitative estimate of drug-likeness (QED) is 0.276. The fourth-order valence-electron chi connectivity index (χ4n) is 2.93. The molecule has 29 heavy (non-hydrogen) atoms. The summed E-state index contributed by atoms with van der Waals surface area (Å²) in [5.74, 6) is 0.637. The molecule has 0 N–H and O–H groups in total. The number of nitrogens with zero attached hydrogens (tertiary/aromatic N) is 3. The molecule has 6 nitrogen and oxygen atoms in total. The number of ether oxygens (including phenoxy) is 1. The number of hydrogen-bond donors (Lipinski definition) is 0. The first-order chi connectivity index (χ1) is 13.9. The number of benzene rings is 1. The molecule has 0 atom stereocenters. The third kappa shape index (κ3) is 5.51. The van der Waals surface area contributed by atoms with Crippen LogP contribution in [0.25, 0.3) is 10.9 Å². The third-order valence-corrected chi connectivity index (χ3v) is 6.45. The number of halogens is 1. The van der Waals surface area contributed by atoms with E-state index >= 15 is 0 Å². The standard InChI is InChI=1S/C20H24ClN3O3S2/c1-13(2)27-9-4-7-24-18(25)16-6-5-15(21)11-17(16)22-19(24)28-10-8-23-14(3)12-29-20(23)26/h5-6,11-13H,4,7-10H2,1-3H3. The molecule has 0 unspecified atom stereocenters. The maximum atomic E-state index is 13.1. The average Bonchev–Trinajstić information content (AvgIpc) is 2.98. The number of fused-ring (bicyclic) bond motifs is 1. The van der Waals surface area contributed by atoms with Crippen LogP contribution in [-0.4, -0.2) is 32.6 Å². The van der Waals surface area contributed by atoms with E-state index in [1.165, 1.54) is 23.1 Å². The highest BCUT2D eigenvalue weighted by molar-refractivity contribution is 7.99. The van der Waals surface area contributed by atoms with Crippen LogP contribution in [0.15, 0.2) is 38.3 Å². The lowest BCUT2D eigenvalue weighted by atomic mass is 10.2. The van der Waals surface area contributed by atoms with Crippen molar-refractivity contribution in [3.05, 3.63) is 54.3 Å². The monoisotopic (exact) mass is 453 g/mol. The second-order valence-electron chi connectivity index (χ2n) is 6.93. The molecule has 0 bridgehead atoms. The number of thiazole rings is 1. The highest BCUT2D eigenvalue weighted by Crippen LogP contribution is 2.21. The summed E-state index contributed by atoms with van der Waals surface area (Å²) in [4.78, 5) is 29.7. The van der Waals surface area contributed by atoms with Gasteiger partial charge in [0.25, 0.3) is 5.56 Å². The second-order valence-corrected chi connectivity index (χ2v) is 9.25. The summed E-state index contributed by atoms with van der Waals surface area (Å²) in [7, 11) is 0. The molecule has 3 rings (SSSR count). The minimum Gasteiger partial charge on any atom is -0.379 e. The molecule has 0 fully saturated rings. The van der Waals surface area contributed by atoms with E-state index in [-0.39, 0.29) is 16.5 Å². The van der Waals surface area contributed by atoms with Crippen molar-refractivity contribution in [2.24, 2.45) is 0 Å². The molecule has 2 heterocycles. The predicted octanol–water partition coefficient (Wildman–Crippen LogP) is 4.19. The van der Waals surface area contributed by atoms with Crippen molar-refractivity contribution in [1.82, 2.24) is 14.1 Å². The zero-order valence-electron chi connectivity index (χ0n) is 16.7. The van der Waals surface area contributed by atoms with Crippen LogP contribution >= 0.6 is 34.7 Å². The lowest BCUT2D eigenvalue weighted by molar-refractivity contribution is 0.0743. The van der Waals surface area contributed by atoms with E-state index in [0.29, 0.717) is 46.5 Å². The zero-order valence-corrected chi connectivity index (χ0v) is 19.1. The number of aryl methyl sites for hydroxylation is 1. The third-order valence-electron chi connectivity index (χ3n) is 4.38. The second kappa shape index (κ2) is 9.93. The van der Waals surface area contributed by atoms with Crippen LogP contribution in [-0.2, 0) is 17.8 Å². The molecule has 0 aliphatic carbocycles. The van der Waals surface area contributed by atoms with Crippen LogP contribution in [0.4, 0.5) is 0 Å². The van der Waals surface area contributed by atoms with Crippen molar-refractivity contribution in [2.45, 2.75) is 51.5 Å². The van der Waals surface area contributed by atoms with Crippen LogP contribution < -0.4 is 10.4 Å². The molecule has 0 saturated carbocycles. The first-order valence-corrected chi connectivity index (χ1v) is 11.7. The molecule has 0 radical (unpaired) electrons. The van der Waals surface area contributed by atoms with Gasteiger partial charge in [-0.05, 0) is 45.4 Å². The van der Waals surface area contributed by atoms with E-state index < -0.39 is 0 Å². The molecule has 0 spiro atoms. The summed E-state index contributed by atoms with van der Waals surface area (Å²) < 4.78 is 9.05. The molecule has 1 aromatic carbocycles. The predicted molar refractivity (Wildman–Crippen MR) is 121 cm³/mol. The Labute approximate surface area is 182 Å². The van der Waals surface area contributed by atoms with Gasteiger partial charge in [0.15, 0.2) is 5.16 Å². The Hall–Kier alpha value is -1.61. The highest BCUT2D eigenvalue weighted by Gasteiger charge is 2.13. The van der Waals surface area contributed by atoms with Gasteiger partial charge in [-0.15, -0.1) is 0 Å². The zero-order chi connectivity index (χ0) is 21.0. The van der Waals surface area contributed by atoms with Crippen LogP contribution in [0.3, 0.4) is 0 Å². The van der Waals surface area contributed by atoms with E-state index in [2.05, 4.69) is 0 Å². The van der Waals surface area contributed by atoms with E-state index in [4.69, 9.17) is 21.3 Å². The minimum absolute atomic E-state index is 0.0320. The first-order valence-electron chi connectivity index (χ1n) is 9.46. The molecule has 2 aromatic heterocycles. The van der Waals surface area contributed by atoms with Gasteiger partial charge >= 0.3 is 4.87 Å². The Bertz CT molecular complexity index is 1100. The molecule has 9 heteroatoms. The molecule has 0 saturated heterocycles. The van der Waals surface area contributed by atoms with Crippen LogP contribution in [0.2, 0.25) is 5.02 Å². The largest absolute Gasteiger partial charge is 0.379 e. The first kappa shape index (κ1) is 22.1. The Kier molecular flexibility index (Phi) is 7.56. The molecule has 0 amide bonds. The summed E-state index contributed by atoms with van der Waals surface area (Å²) in [5.41, 5.74) is 1.45. The Morgan fingerprint density at radius 3 is 2.72 bits per heavy atom. The Morgan fingerprint density at radius 2 is 2.03 bits per heavy atom. The van der Waals surface area contributed by atoms with Gasteiger partial charge in [-0.1, -0.05) is 34.7 Å². The van der Waals surface area contributed by atoms with Crippen molar-refractivity contribution in [3.63, 3.8) is 0 Å². The van der Waals surface area contributed by atoms with Crippen molar-refractivity contribution >= 4 is 45.6 Å². The summed E-state index contributed by atoms with van der Waals surface area (Å²) in [6.45, 7) is 7.57. The average molecular weight is 454 g/mol. The molecule has 3 aromatic rings. The molecule has 0 aliphatic heterocycles. The van der Waals surface area contributed by atoms with E-state index in [1.54, 1.807) is 27.3 Å². The smallest absolute Gasteiger partial charge is 0.307 e. The van der Waals surface area contributed by atoms with E-state index in [1.807, 2.05) is 26.2 Å². The lowest BCUT2D eigenvalue weighted by Crippen LogP contribution is -2.25.